The van der Waals surface area contributed by atoms with Gasteiger partial charge in [-0.2, -0.15) is 18.3 Å². The Hall–Kier alpha value is -2.38. The van der Waals surface area contributed by atoms with Gasteiger partial charge in [-0.05, 0) is 30.5 Å². The van der Waals surface area contributed by atoms with E-state index in [0.29, 0.717) is 29.6 Å². The Morgan fingerprint density at radius 1 is 1.29 bits per heavy atom. The molecular weight excluding hydrogens is 326 g/mol. The van der Waals surface area contributed by atoms with Gasteiger partial charge in [0, 0.05) is 19.7 Å². The zero-order chi connectivity index (χ0) is 17.5. The Labute approximate surface area is 135 Å². The van der Waals surface area contributed by atoms with E-state index in [0.717, 1.165) is 13.1 Å². The number of hydrogen-bond acceptors (Lipinski definition) is 2. The molecule has 2 heterocycles. The van der Waals surface area contributed by atoms with Crippen LogP contribution in [0.25, 0.3) is 0 Å². The summed E-state index contributed by atoms with van der Waals surface area (Å²) in [4.78, 5) is 14.1. The molecule has 0 spiro atoms. The van der Waals surface area contributed by atoms with E-state index < -0.39 is 23.6 Å². The number of aromatic nitrogens is 2. The number of halogens is 4. The molecule has 0 aliphatic carbocycles. The normalized spacial score (nSPS) is 18.2. The maximum absolute atomic E-state index is 13.4. The number of hydrogen-bond donors (Lipinski definition) is 0. The number of nitrogens with zero attached hydrogens (tertiary/aromatic N) is 3. The van der Waals surface area contributed by atoms with Crippen LogP contribution in [0.15, 0.2) is 30.3 Å². The van der Waals surface area contributed by atoms with Gasteiger partial charge in [0.05, 0.1) is 6.04 Å². The van der Waals surface area contributed by atoms with Gasteiger partial charge < -0.3 is 4.90 Å². The summed E-state index contributed by atoms with van der Waals surface area (Å²) in [5.74, 6) is -0.989. The van der Waals surface area contributed by atoms with Crippen LogP contribution in [0.5, 0.6) is 0 Å². The van der Waals surface area contributed by atoms with Crippen molar-refractivity contribution in [2.45, 2.75) is 25.1 Å². The molecule has 0 unspecified atom stereocenters. The molecule has 8 heteroatoms. The van der Waals surface area contributed by atoms with Gasteiger partial charge in [0.25, 0.3) is 5.91 Å². The Kier molecular flexibility index (Phi) is 4.06. The Bertz CT molecular complexity index is 769. The van der Waals surface area contributed by atoms with Gasteiger partial charge in [-0.15, -0.1) is 0 Å². The molecule has 1 saturated heterocycles. The van der Waals surface area contributed by atoms with Crippen LogP contribution in [0.3, 0.4) is 0 Å². The Morgan fingerprint density at radius 3 is 2.67 bits per heavy atom. The van der Waals surface area contributed by atoms with Crippen LogP contribution < -0.4 is 0 Å². The summed E-state index contributed by atoms with van der Waals surface area (Å²) in [7, 11) is 1.15. The molecule has 128 valence electrons. The van der Waals surface area contributed by atoms with Crippen molar-refractivity contribution in [3.8, 4) is 0 Å². The van der Waals surface area contributed by atoms with Gasteiger partial charge in [0.1, 0.15) is 11.5 Å². The zero-order valence-corrected chi connectivity index (χ0v) is 12.8. The van der Waals surface area contributed by atoms with Crippen molar-refractivity contribution in [1.29, 1.82) is 0 Å². The molecule has 1 aliphatic heterocycles. The van der Waals surface area contributed by atoms with Crippen LogP contribution in [-0.4, -0.2) is 27.1 Å². The van der Waals surface area contributed by atoms with Gasteiger partial charge in [0.2, 0.25) is 0 Å². The standard InChI is InChI=1S/C16H15F4N3O/c1-22-14(16(18,19)20)9-12(21-22)15(24)23-7-3-6-13(23)10-4-2-5-11(17)8-10/h2,4-5,8-9,13H,3,6-7H2,1H3/t13-/m1/s1. The topological polar surface area (TPSA) is 38.1 Å². The minimum atomic E-state index is -4.58. The second-order valence-electron chi connectivity index (χ2n) is 5.75. The van der Waals surface area contributed by atoms with E-state index in [1.165, 1.54) is 17.0 Å². The van der Waals surface area contributed by atoms with E-state index >= 15 is 0 Å². The average molecular weight is 341 g/mol. The average Bonchev–Trinajstić information content (AvgIpc) is 3.12. The molecule has 2 aromatic rings. The molecule has 0 saturated carbocycles. The lowest BCUT2D eigenvalue weighted by molar-refractivity contribution is -0.143. The predicted octanol–water partition coefficient (Wildman–Crippen LogP) is 3.56. The van der Waals surface area contributed by atoms with E-state index in [9.17, 15) is 22.4 Å². The number of amides is 1. The molecule has 4 nitrogen and oxygen atoms in total. The number of alkyl halides is 3. The molecule has 0 N–H and O–H groups in total. The fourth-order valence-electron chi connectivity index (χ4n) is 3.05. The third-order valence-corrected chi connectivity index (χ3v) is 4.14. The van der Waals surface area contributed by atoms with Crippen molar-refractivity contribution >= 4 is 5.91 Å². The van der Waals surface area contributed by atoms with E-state index in [2.05, 4.69) is 5.10 Å². The first-order valence-corrected chi connectivity index (χ1v) is 7.45. The first-order valence-electron chi connectivity index (χ1n) is 7.45. The third-order valence-electron chi connectivity index (χ3n) is 4.14. The van der Waals surface area contributed by atoms with Crippen LogP contribution in [0.4, 0.5) is 17.6 Å². The maximum atomic E-state index is 13.4. The minimum absolute atomic E-state index is 0.256. The third kappa shape index (κ3) is 3.00. The first-order chi connectivity index (χ1) is 11.3. The van der Waals surface area contributed by atoms with Crippen molar-refractivity contribution in [3.63, 3.8) is 0 Å². The summed E-state index contributed by atoms with van der Waals surface area (Å²) in [5.41, 5.74) is -0.603. The molecular formula is C16H15F4N3O. The number of benzene rings is 1. The molecule has 1 aromatic heterocycles. The fraction of sp³-hybridized carbons (Fsp3) is 0.375. The molecule has 1 fully saturated rings. The summed E-state index contributed by atoms with van der Waals surface area (Å²) in [6.07, 6.45) is -3.24. The quantitative estimate of drug-likeness (QED) is 0.784. The fourth-order valence-corrected chi connectivity index (χ4v) is 3.05. The summed E-state index contributed by atoms with van der Waals surface area (Å²) >= 11 is 0. The molecule has 1 atom stereocenters. The van der Waals surface area contributed by atoms with Gasteiger partial charge >= 0.3 is 6.18 Å². The molecule has 1 amide bonds. The summed E-state index contributed by atoms with van der Waals surface area (Å²) in [6, 6.07) is 6.30. The molecule has 0 radical (unpaired) electrons. The zero-order valence-electron chi connectivity index (χ0n) is 12.8. The molecule has 24 heavy (non-hydrogen) atoms. The van der Waals surface area contributed by atoms with E-state index in [-0.39, 0.29) is 11.7 Å². The monoisotopic (exact) mass is 341 g/mol. The summed E-state index contributed by atoms with van der Waals surface area (Å²) in [5, 5.41) is 3.70. The maximum Gasteiger partial charge on any atom is 0.433 e. The molecule has 0 bridgehead atoms. The summed E-state index contributed by atoms with van der Waals surface area (Å²) < 4.78 is 52.7. The second-order valence-corrected chi connectivity index (χ2v) is 5.75. The highest BCUT2D eigenvalue weighted by Gasteiger charge is 2.38. The van der Waals surface area contributed by atoms with Crippen molar-refractivity contribution in [3.05, 3.63) is 53.1 Å². The number of rotatable bonds is 2. The first kappa shape index (κ1) is 16.5. The minimum Gasteiger partial charge on any atom is -0.330 e. The van der Waals surface area contributed by atoms with Crippen molar-refractivity contribution in [2.75, 3.05) is 6.54 Å². The van der Waals surface area contributed by atoms with Crippen molar-refractivity contribution < 1.29 is 22.4 Å². The van der Waals surface area contributed by atoms with Crippen molar-refractivity contribution in [2.24, 2.45) is 7.05 Å². The van der Waals surface area contributed by atoms with Gasteiger partial charge in [-0.1, -0.05) is 12.1 Å². The number of likely N-dealkylation sites (tertiary alicyclic amines) is 1. The largest absolute Gasteiger partial charge is 0.433 e. The lowest BCUT2D eigenvalue weighted by atomic mass is 10.0. The number of aryl methyl sites for hydroxylation is 1. The van der Waals surface area contributed by atoms with Gasteiger partial charge in [0.15, 0.2) is 5.69 Å². The van der Waals surface area contributed by atoms with E-state index in [1.807, 2.05) is 0 Å². The number of carbonyl (C=O) groups is 1. The van der Waals surface area contributed by atoms with E-state index in [4.69, 9.17) is 0 Å². The lowest BCUT2D eigenvalue weighted by Crippen LogP contribution is -2.31. The SMILES string of the molecule is Cn1nc(C(=O)N2CCC[C@@H]2c2cccc(F)c2)cc1C(F)(F)F. The smallest absolute Gasteiger partial charge is 0.330 e. The highest BCUT2D eigenvalue weighted by atomic mass is 19.4. The van der Waals surface area contributed by atoms with Crippen LogP contribution in [0.1, 0.15) is 40.6 Å². The van der Waals surface area contributed by atoms with Crippen LogP contribution >= 0.6 is 0 Å². The van der Waals surface area contributed by atoms with Crippen molar-refractivity contribution in [1.82, 2.24) is 14.7 Å². The van der Waals surface area contributed by atoms with E-state index in [1.54, 1.807) is 12.1 Å². The highest BCUT2D eigenvalue weighted by Crippen LogP contribution is 2.34. The Morgan fingerprint density at radius 2 is 2.04 bits per heavy atom. The molecule has 1 aliphatic rings. The van der Waals surface area contributed by atoms with Crippen LogP contribution in [0.2, 0.25) is 0 Å². The van der Waals surface area contributed by atoms with Gasteiger partial charge in [-0.25, -0.2) is 4.39 Å². The molecule has 1 aromatic carbocycles. The second kappa shape index (κ2) is 5.92. The van der Waals surface area contributed by atoms with Gasteiger partial charge in [-0.3, -0.25) is 9.48 Å². The lowest BCUT2D eigenvalue weighted by Gasteiger charge is -2.24. The highest BCUT2D eigenvalue weighted by molar-refractivity contribution is 5.93. The van der Waals surface area contributed by atoms with Crippen LogP contribution in [-0.2, 0) is 13.2 Å². The molecule has 3 rings (SSSR count). The van der Waals surface area contributed by atoms with Crippen LogP contribution in [0, 0.1) is 5.82 Å². The predicted molar refractivity (Wildman–Crippen MR) is 77.6 cm³/mol. The Balaban J connectivity index is 1.89. The number of carbonyl (C=O) groups excluding carboxylic acids is 1. The summed E-state index contributed by atoms with van der Waals surface area (Å²) in [6.45, 7) is 0.401.